The molecule has 0 aliphatic carbocycles. The number of amides is 5. The number of hydrogen-bond donors (Lipinski definition) is 4. The van der Waals surface area contributed by atoms with E-state index in [9.17, 15) is 28.8 Å². The maximum absolute atomic E-state index is 13.7. The van der Waals surface area contributed by atoms with Gasteiger partial charge in [-0.3, -0.25) is 29.1 Å². The summed E-state index contributed by atoms with van der Waals surface area (Å²) in [6.07, 6.45) is 0.323. The molecule has 2 aromatic rings. The van der Waals surface area contributed by atoms with Crippen molar-refractivity contribution in [3.8, 4) is 0 Å². The van der Waals surface area contributed by atoms with E-state index in [1.807, 2.05) is 13.8 Å². The maximum Gasteiger partial charge on any atom is 0.414 e. The van der Waals surface area contributed by atoms with Crippen molar-refractivity contribution in [2.24, 2.45) is 11.8 Å². The quantitative estimate of drug-likeness (QED) is 0.245. The number of pyridine rings is 1. The smallest absolute Gasteiger partial charge is 0.414 e. The summed E-state index contributed by atoms with van der Waals surface area (Å²) in [5.74, 6) is -3.43. The molecule has 3 unspecified atom stereocenters. The third kappa shape index (κ3) is 10.5. The van der Waals surface area contributed by atoms with Crippen molar-refractivity contribution in [3.63, 3.8) is 0 Å². The number of nitrogens with zero attached hydrogens (tertiary/aromatic N) is 2. The van der Waals surface area contributed by atoms with Crippen LogP contribution in [0.2, 0.25) is 0 Å². The van der Waals surface area contributed by atoms with Crippen LogP contribution >= 0.6 is 0 Å². The first kappa shape index (κ1) is 36.8. The first-order valence-corrected chi connectivity index (χ1v) is 16.6. The summed E-state index contributed by atoms with van der Waals surface area (Å²) in [5.41, 5.74) is 1.01. The van der Waals surface area contributed by atoms with Gasteiger partial charge in [-0.1, -0.05) is 38.1 Å². The summed E-state index contributed by atoms with van der Waals surface area (Å²) in [6, 6.07) is 9.78. The lowest BCUT2D eigenvalue weighted by Gasteiger charge is -2.35. The van der Waals surface area contributed by atoms with E-state index in [1.165, 1.54) is 4.90 Å². The Labute approximate surface area is 286 Å². The van der Waals surface area contributed by atoms with Gasteiger partial charge in [0, 0.05) is 37.2 Å². The Bertz CT molecular complexity index is 1530. The fourth-order valence-electron chi connectivity index (χ4n) is 5.74. The van der Waals surface area contributed by atoms with Crippen LogP contribution in [0.15, 0.2) is 48.7 Å². The minimum absolute atomic E-state index is 0.000799. The molecule has 4 atom stereocenters. The van der Waals surface area contributed by atoms with Gasteiger partial charge in [-0.05, 0) is 64.2 Å². The van der Waals surface area contributed by atoms with Crippen molar-refractivity contribution < 1.29 is 38.2 Å². The Morgan fingerprint density at radius 1 is 1.00 bits per heavy atom. The Morgan fingerprint density at radius 3 is 2.39 bits per heavy atom. The van der Waals surface area contributed by atoms with Crippen LogP contribution in [0, 0.1) is 11.8 Å². The fourth-order valence-corrected chi connectivity index (χ4v) is 5.74. The monoisotopic (exact) mass is 678 g/mol. The SMILES string of the molecule is CC(C)CC(NC(=O)OC1CCN(C(=O)OC(C)(C)C)c2ccccc21)C(=O)NC(C[C@@H]1CCNC1=O)C(=O)C(=O)NCc1ccccn1. The van der Waals surface area contributed by atoms with Gasteiger partial charge in [0.25, 0.3) is 5.91 Å². The number of fused-ring (bicyclic) bond motifs is 1. The van der Waals surface area contributed by atoms with Gasteiger partial charge in [0.15, 0.2) is 0 Å². The average molecular weight is 679 g/mol. The lowest BCUT2D eigenvalue weighted by atomic mass is 9.94. The molecule has 0 radical (unpaired) electrons. The molecule has 5 amide bonds. The van der Waals surface area contributed by atoms with E-state index in [1.54, 1.807) is 69.4 Å². The second-order valence-corrected chi connectivity index (χ2v) is 13.6. The summed E-state index contributed by atoms with van der Waals surface area (Å²) in [4.78, 5) is 84.1. The number of Topliss-reactive ketones (excluding diaryl/α,β-unsaturated/α-hetero) is 1. The van der Waals surface area contributed by atoms with E-state index in [-0.39, 0.29) is 37.8 Å². The molecule has 0 saturated carbocycles. The number of alkyl carbamates (subject to hydrolysis) is 1. The molecule has 2 aliphatic rings. The number of rotatable bonds is 12. The summed E-state index contributed by atoms with van der Waals surface area (Å²) >= 11 is 0. The van der Waals surface area contributed by atoms with Crippen molar-refractivity contribution in [2.45, 2.75) is 90.6 Å². The third-order valence-electron chi connectivity index (χ3n) is 8.06. The zero-order valence-electron chi connectivity index (χ0n) is 28.6. The van der Waals surface area contributed by atoms with E-state index in [0.717, 1.165) is 0 Å². The molecule has 1 fully saturated rings. The van der Waals surface area contributed by atoms with Crippen molar-refractivity contribution in [2.75, 3.05) is 18.0 Å². The van der Waals surface area contributed by atoms with E-state index in [0.29, 0.717) is 36.3 Å². The molecule has 14 nitrogen and oxygen atoms in total. The number of ketones is 1. The molecule has 1 saturated heterocycles. The Balaban J connectivity index is 1.45. The van der Waals surface area contributed by atoms with Gasteiger partial charge < -0.3 is 30.7 Å². The molecule has 4 N–H and O–H groups in total. The number of para-hydroxylation sites is 1. The molecule has 264 valence electrons. The standard InChI is InChI=1S/C35H46N6O8/c1-21(2)18-26(40-33(46)48-28-14-17-41(34(47)49-35(3,4)5)27-12-7-6-11-24(27)28)31(44)39-25(19-22-13-16-37-30(22)43)29(42)32(45)38-20-23-10-8-9-15-36-23/h6-12,15,21-22,25-26,28H,13-14,16-20H2,1-5H3,(H,37,43)(H,38,45)(H,39,44)(H,40,46)/t22-,25?,26?,28?/m0/s1. The van der Waals surface area contributed by atoms with Crippen LogP contribution in [-0.4, -0.2) is 71.4 Å². The molecule has 1 aromatic heterocycles. The van der Waals surface area contributed by atoms with Gasteiger partial charge in [-0.25, -0.2) is 9.59 Å². The van der Waals surface area contributed by atoms with Crippen LogP contribution in [-0.2, 0) is 35.2 Å². The molecule has 4 rings (SSSR count). The van der Waals surface area contributed by atoms with Crippen molar-refractivity contribution in [1.29, 1.82) is 0 Å². The topological polar surface area (TPSA) is 185 Å². The summed E-state index contributed by atoms with van der Waals surface area (Å²) in [7, 11) is 0. The van der Waals surface area contributed by atoms with Crippen LogP contribution in [0.5, 0.6) is 0 Å². The van der Waals surface area contributed by atoms with Crippen LogP contribution < -0.4 is 26.2 Å². The molecular weight excluding hydrogens is 632 g/mol. The van der Waals surface area contributed by atoms with Crippen molar-refractivity contribution in [3.05, 3.63) is 59.9 Å². The lowest BCUT2D eigenvalue weighted by molar-refractivity contribution is -0.141. The van der Waals surface area contributed by atoms with Crippen LogP contribution in [0.25, 0.3) is 0 Å². The van der Waals surface area contributed by atoms with Gasteiger partial charge >= 0.3 is 12.2 Å². The number of ether oxygens (including phenoxy) is 2. The number of carbonyl (C=O) groups excluding carboxylic acids is 6. The molecule has 49 heavy (non-hydrogen) atoms. The number of hydrogen-bond acceptors (Lipinski definition) is 9. The third-order valence-corrected chi connectivity index (χ3v) is 8.06. The number of aromatic nitrogens is 1. The first-order valence-electron chi connectivity index (χ1n) is 16.6. The minimum atomic E-state index is -1.32. The minimum Gasteiger partial charge on any atom is -0.443 e. The second kappa shape index (κ2) is 16.4. The molecular formula is C35H46N6O8. The number of carbonyl (C=O) groups is 6. The normalized spacial score (nSPS) is 18.4. The van der Waals surface area contributed by atoms with Gasteiger partial charge in [0.2, 0.25) is 17.6 Å². The summed E-state index contributed by atoms with van der Waals surface area (Å²) in [5, 5.41) is 10.5. The fraction of sp³-hybridized carbons (Fsp3) is 0.514. The largest absolute Gasteiger partial charge is 0.443 e. The molecule has 2 aliphatic heterocycles. The predicted molar refractivity (Wildman–Crippen MR) is 179 cm³/mol. The zero-order chi connectivity index (χ0) is 35.7. The van der Waals surface area contributed by atoms with E-state index < -0.39 is 59.5 Å². The van der Waals surface area contributed by atoms with E-state index in [4.69, 9.17) is 9.47 Å². The lowest BCUT2D eigenvalue weighted by Crippen LogP contribution is -2.55. The molecule has 14 heteroatoms. The average Bonchev–Trinajstić information content (AvgIpc) is 3.45. The van der Waals surface area contributed by atoms with E-state index in [2.05, 4.69) is 26.3 Å². The highest BCUT2D eigenvalue weighted by molar-refractivity contribution is 6.38. The highest BCUT2D eigenvalue weighted by atomic mass is 16.6. The van der Waals surface area contributed by atoms with Gasteiger partial charge in [-0.2, -0.15) is 0 Å². The Kier molecular flexibility index (Phi) is 12.3. The zero-order valence-corrected chi connectivity index (χ0v) is 28.6. The molecule has 1 aromatic carbocycles. The summed E-state index contributed by atoms with van der Waals surface area (Å²) < 4.78 is 11.4. The van der Waals surface area contributed by atoms with Crippen LogP contribution in [0.1, 0.15) is 77.7 Å². The Morgan fingerprint density at radius 2 is 1.73 bits per heavy atom. The Hall–Kier alpha value is -5.01. The molecule has 3 heterocycles. The predicted octanol–water partition coefficient (Wildman–Crippen LogP) is 3.31. The highest BCUT2D eigenvalue weighted by Crippen LogP contribution is 2.36. The number of anilines is 1. The van der Waals surface area contributed by atoms with Crippen molar-refractivity contribution in [1.82, 2.24) is 26.3 Å². The maximum atomic E-state index is 13.7. The van der Waals surface area contributed by atoms with Gasteiger partial charge in [-0.15, -0.1) is 0 Å². The second-order valence-electron chi connectivity index (χ2n) is 13.6. The summed E-state index contributed by atoms with van der Waals surface area (Å²) in [6.45, 7) is 9.74. The molecule has 0 bridgehead atoms. The van der Waals surface area contributed by atoms with E-state index >= 15 is 0 Å². The molecule has 0 spiro atoms. The van der Waals surface area contributed by atoms with Crippen LogP contribution in [0.4, 0.5) is 15.3 Å². The first-order chi connectivity index (χ1) is 23.2. The number of benzene rings is 1. The van der Waals surface area contributed by atoms with Crippen LogP contribution in [0.3, 0.4) is 0 Å². The van der Waals surface area contributed by atoms with Crippen molar-refractivity contribution >= 4 is 41.4 Å². The van der Waals surface area contributed by atoms with Gasteiger partial charge in [0.1, 0.15) is 17.7 Å². The van der Waals surface area contributed by atoms with Gasteiger partial charge in [0.05, 0.1) is 24.0 Å². The highest BCUT2D eigenvalue weighted by Gasteiger charge is 2.37. The number of nitrogens with one attached hydrogen (secondary N) is 4.